The quantitative estimate of drug-likeness (QED) is 0.828. The molecule has 0 bridgehead atoms. The van der Waals surface area contributed by atoms with Crippen molar-refractivity contribution in [2.45, 2.75) is 19.6 Å². The Morgan fingerprint density at radius 2 is 1.86 bits per heavy atom. The Labute approximate surface area is 124 Å². The van der Waals surface area contributed by atoms with Gasteiger partial charge in [0.2, 0.25) is 0 Å². The summed E-state index contributed by atoms with van der Waals surface area (Å²) >= 11 is 0. The van der Waals surface area contributed by atoms with Crippen LogP contribution in [0.2, 0.25) is 0 Å². The number of hydrogen-bond donors (Lipinski definition) is 1. The summed E-state index contributed by atoms with van der Waals surface area (Å²) in [5.74, 6) is 0.478. The molecule has 4 nitrogen and oxygen atoms in total. The standard InChI is InChI=1S/C17H19NO3/c1-20-17(19)10-14-7-8-16(15(9-14)11-18)21-12-13-5-3-2-4-6-13/h2-9H,10-12,18H2,1H3. The minimum atomic E-state index is -0.268. The van der Waals surface area contributed by atoms with Gasteiger partial charge in [-0.25, -0.2) is 0 Å². The summed E-state index contributed by atoms with van der Waals surface area (Å²) in [5.41, 5.74) is 8.60. The Morgan fingerprint density at radius 3 is 2.52 bits per heavy atom. The van der Waals surface area contributed by atoms with Crippen molar-refractivity contribution in [3.63, 3.8) is 0 Å². The zero-order valence-electron chi connectivity index (χ0n) is 12.0. The first-order valence-electron chi connectivity index (χ1n) is 6.78. The van der Waals surface area contributed by atoms with E-state index in [0.29, 0.717) is 13.2 Å². The van der Waals surface area contributed by atoms with Gasteiger partial charge in [0, 0.05) is 12.1 Å². The van der Waals surface area contributed by atoms with Gasteiger partial charge in [-0.05, 0) is 17.2 Å². The maximum absolute atomic E-state index is 11.3. The van der Waals surface area contributed by atoms with E-state index in [1.165, 1.54) is 7.11 Å². The molecule has 4 heteroatoms. The zero-order chi connectivity index (χ0) is 15.1. The molecule has 0 spiro atoms. The van der Waals surface area contributed by atoms with Gasteiger partial charge in [-0.15, -0.1) is 0 Å². The van der Waals surface area contributed by atoms with Crippen LogP contribution in [0.25, 0.3) is 0 Å². The number of carbonyl (C=O) groups is 1. The van der Waals surface area contributed by atoms with Crippen molar-refractivity contribution in [3.8, 4) is 5.75 Å². The Balaban J connectivity index is 2.07. The highest BCUT2D eigenvalue weighted by Gasteiger charge is 2.08. The molecule has 0 amide bonds. The molecular weight excluding hydrogens is 266 g/mol. The molecule has 0 atom stereocenters. The fourth-order valence-electron chi connectivity index (χ4n) is 2.02. The number of nitrogens with two attached hydrogens (primary N) is 1. The number of carbonyl (C=O) groups excluding carboxylic acids is 1. The second-order valence-electron chi connectivity index (χ2n) is 4.67. The molecule has 2 aromatic carbocycles. The van der Waals surface area contributed by atoms with E-state index < -0.39 is 0 Å². The van der Waals surface area contributed by atoms with Crippen molar-refractivity contribution in [1.82, 2.24) is 0 Å². The van der Waals surface area contributed by atoms with Gasteiger partial charge in [0.25, 0.3) is 0 Å². The van der Waals surface area contributed by atoms with E-state index in [4.69, 9.17) is 10.5 Å². The maximum Gasteiger partial charge on any atom is 0.309 e. The zero-order valence-corrected chi connectivity index (χ0v) is 12.0. The largest absolute Gasteiger partial charge is 0.489 e. The summed E-state index contributed by atoms with van der Waals surface area (Å²) in [6, 6.07) is 15.5. The molecule has 0 saturated carbocycles. The van der Waals surface area contributed by atoms with Crippen LogP contribution in [-0.2, 0) is 29.1 Å². The van der Waals surface area contributed by atoms with Gasteiger partial charge >= 0.3 is 5.97 Å². The van der Waals surface area contributed by atoms with E-state index in [1.807, 2.05) is 48.5 Å². The van der Waals surface area contributed by atoms with Crippen LogP contribution in [0.1, 0.15) is 16.7 Å². The normalized spacial score (nSPS) is 10.2. The number of benzene rings is 2. The van der Waals surface area contributed by atoms with E-state index in [9.17, 15) is 4.79 Å². The van der Waals surface area contributed by atoms with Gasteiger partial charge in [-0.1, -0.05) is 42.5 Å². The smallest absolute Gasteiger partial charge is 0.309 e. The maximum atomic E-state index is 11.3. The molecule has 21 heavy (non-hydrogen) atoms. The highest BCUT2D eigenvalue weighted by atomic mass is 16.5. The van der Waals surface area contributed by atoms with Crippen molar-refractivity contribution < 1.29 is 14.3 Å². The first-order valence-corrected chi connectivity index (χ1v) is 6.78. The fraction of sp³-hybridized carbons (Fsp3) is 0.235. The number of rotatable bonds is 6. The molecule has 110 valence electrons. The van der Waals surface area contributed by atoms with Gasteiger partial charge < -0.3 is 15.2 Å². The summed E-state index contributed by atoms with van der Waals surface area (Å²) in [7, 11) is 1.38. The molecular formula is C17H19NO3. The monoisotopic (exact) mass is 285 g/mol. The van der Waals surface area contributed by atoms with Gasteiger partial charge in [0.05, 0.1) is 13.5 Å². The van der Waals surface area contributed by atoms with E-state index in [2.05, 4.69) is 4.74 Å². The highest BCUT2D eigenvalue weighted by Crippen LogP contribution is 2.21. The molecule has 2 aromatic rings. The minimum absolute atomic E-state index is 0.239. The lowest BCUT2D eigenvalue weighted by Crippen LogP contribution is -2.07. The Kier molecular flexibility index (Phi) is 5.35. The second kappa shape index (κ2) is 7.45. The molecule has 0 unspecified atom stereocenters. The van der Waals surface area contributed by atoms with Crippen molar-refractivity contribution in [3.05, 3.63) is 65.2 Å². The Hall–Kier alpha value is -2.33. The average Bonchev–Trinajstić information content (AvgIpc) is 2.54. The molecule has 2 rings (SSSR count). The summed E-state index contributed by atoms with van der Waals surface area (Å²) < 4.78 is 10.5. The van der Waals surface area contributed by atoms with Crippen molar-refractivity contribution in [2.24, 2.45) is 5.73 Å². The molecule has 0 aliphatic heterocycles. The first-order chi connectivity index (χ1) is 10.2. The number of esters is 1. The number of hydrogen-bond acceptors (Lipinski definition) is 4. The highest BCUT2D eigenvalue weighted by molar-refractivity contribution is 5.72. The van der Waals surface area contributed by atoms with Crippen molar-refractivity contribution in [2.75, 3.05) is 7.11 Å². The molecule has 0 aliphatic carbocycles. The predicted octanol–water partition coefficient (Wildman–Crippen LogP) is 2.44. The molecule has 0 saturated heterocycles. The second-order valence-corrected chi connectivity index (χ2v) is 4.67. The number of methoxy groups -OCH3 is 1. The van der Waals surface area contributed by atoms with Crippen LogP contribution in [0, 0.1) is 0 Å². The van der Waals surface area contributed by atoms with Crippen molar-refractivity contribution in [1.29, 1.82) is 0 Å². The molecule has 0 fully saturated rings. The van der Waals surface area contributed by atoms with E-state index in [1.54, 1.807) is 0 Å². The van der Waals surface area contributed by atoms with Crippen LogP contribution in [0.3, 0.4) is 0 Å². The Bertz CT molecular complexity index is 596. The summed E-state index contributed by atoms with van der Waals surface area (Å²) in [6.45, 7) is 0.851. The molecule has 0 radical (unpaired) electrons. The van der Waals surface area contributed by atoms with Crippen LogP contribution >= 0.6 is 0 Å². The molecule has 0 heterocycles. The van der Waals surface area contributed by atoms with Gasteiger partial charge in [-0.2, -0.15) is 0 Å². The third-order valence-electron chi connectivity index (χ3n) is 3.16. The summed E-state index contributed by atoms with van der Waals surface area (Å²) in [6.07, 6.45) is 0.239. The van der Waals surface area contributed by atoms with Crippen LogP contribution in [0.5, 0.6) is 5.75 Å². The predicted molar refractivity (Wildman–Crippen MR) is 80.8 cm³/mol. The van der Waals surface area contributed by atoms with Crippen LogP contribution in [0.4, 0.5) is 0 Å². The molecule has 0 aromatic heterocycles. The minimum Gasteiger partial charge on any atom is -0.489 e. The average molecular weight is 285 g/mol. The lowest BCUT2D eigenvalue weighted by Gasteiger charge is -2.12. The number of ether oxygens (including phenoxy) is 2. The lowest BCUT2D eigenvalue weighted by molar-refractivity contribution is -0.139. The fourth-order valence-corrected chi connectivity index (χ4v) is 2.02. The molecule has 0 aliphatic rings. The van der Waals surface area contributed by atoms with Gasteiger partial charge in [-0.3, -0.25) is 4.79 Å². The van der Waals surface area contributed by atoms with Crippen molar-refractivity contribution >= 4 is 5.97 Å². The van der Waals surface area contributed by atoms with E-state index in [0.717, 1.165) is 22.4 Å². The Morgan fingerprint density at radius 1 is 1.10 bits per heavy atom. The summed E-state index contributed by atoms with van der Waals surface area (Å²) in [5, 5.41) is 0. The summed E-state index contributed by atoms with van der Waals surface area (Å²) in [4.78, 5) is 11.3. The van der Waals surface area contributed by atoms with Gasteiger partial charge in [0.1, 0.15) is 12.4 Å². The first kappa shape index (κ1) is 15.1. The van der Waals surface area contributed by atoms with Gasteiger partial charge in [0.15, 0.2) is 0 Å². The van der Waals surface area contributed by atoms with E-state index >= 15 is 0 Å². The van der Waals surface area contributed by atoms with E-state index in [-0.39, 0.29) is 12.4 Å². The third-order valence-corrected chi connectivity index (χ3v) is 3.16. The van der Waals surface area contributed by atoms with Crippen LogP contribution in [0.15, 0.2) is 48.5 Å². The third kappa shape index (κ3) is 4.33. The topological polar surface area (TPSA) is 61.5 Å². The SMILES string of the molecule is COC(=O)Cc1ccc(OCc2ccccc2)c(CN)c1. The lowest BCUT2D eigenvalue weighted by atomic mass is 10.1. The van der Waals surface area contributed by atoms with Crippen LogP contribution in [-0.4, -0.2) is 13.1 Å². The van der Waals surface area contributed by atoms with Crippen LogP contribution < -0.4 is 10.5 Å². The molecule has 2 N–H and O–H groups in total.